The predicted molar refractivity (Wildman–Crippen MR) is 156 cm³/mol. The van der Waals surface area contributed by atoms with Crippen molar-refractivity contribution in [3.05, 3.63) is 107 Å². The Kier molecular flexibility index (Phi) is 8.71. The molecule has 240 valence electrons. The van der Waals surface area contributed by atoms with Gasteiger partial charge in [0.25, 0.3) is 0 Å². The number of rotatable bonds is 7. The Labute approximate surface area is 258 Å². The highest BCUT2D eigenvalue weighted by molar-refractivity contribution is 5.80. The molecule has 45 heavy (non-hydrogen) atoms. The van der Waals surface area contributed by atoms with Crippen LogP contribution in [-0.2, 0) is 40.6 Å². The van der Waals surface area contributed by atoms with Gasteiger partial charge in [0.15, 0.2) is 0 Å². The van der Waals surface area contributed by atoms with Gasteiger partial charge in [0.05, 0.1) is 35.3 Å². The van der Waals surface area contributed by atoms with Crippen LogP contribution in [0.4, 0.5) is 26.3 Å². The molecule has 0 radical (unpaired) electrons. The summed E-state index contributed by atoms with van der Waals surface area (Å²) in [4.78, 5) is 18.2. The Balaban J connectivity index is 1.18. The van der Waals surface area contributed by atoms with Gasteiger partial charge in [-0.05, 0) is 54.2 Å². The number of hydrogen-bond donors (Lipinski definition) is 1. The van der Waals surface area contributed by atoms with Gasteiger partial charge in [-0.2, -0.15) is 26.3 Å². The smallest absolute Gasteiger partial charge is 0.371 e. The van der Waals surface area contributed by atoms with Gasteiger partial charge < -0.3 is 15.0 Å². The zero-order chi connectivity index (χ0) is 31.8. The van der Waals surface area contributed by atoms with Crippen LogP contribution in [0.25, 0.3) is 0 Å². The van der Waals surface area contributed by atoms with Crippen molar-refractivity contribution in [3.8, 4) is 0 Å². The number of benzene rings is 3. The molecular formula is C34H35F6N3O2. The van der Waals surface area contributed by atoms with Gasteiger partial charge in [0.1, 0.15) is 0 Å². The summed E-state index contributed by atoms with van der Waals surface area (Å²) in [5.41, 5.74) is -1.66. The number of nitrogens with zero attached hydrogens (tertiary/aromatic N) is 2. The van der Waals surface area contributed by atoms with E-state index in [1.54, 1.807) is 0 Å². The lowest BCUT2D eigenvalue weighted by Crippen LogP contribution is -2.55. The maximum atomic E-state index is 13.9. The van der Waals surface area contributed by atoms with Crippen molar-refractivity contribution in [1.82, 2.24) is 15.1 Å². The van der Waals surface area contributed by atoms with Crippen LogP contribution in [0, 0.1) is 5.92 Å². The molecule has 2 bridgehead atoms. The average molecular weight is 632 g/mol. The summed E-state index contributed by atoms with van der Waals surface area (Å²) in [6.45, 7) is 3.15. The first kappa shape index (κ1) is 31.6. The third-order valence-corrected chi connectivity index (χ3v) is 9.40. The van der Waals surface area contributed by atoms with Crippen molar-refractivity contribution in [3.63, 3.8) is 0 Å². The van der Waals surface area contributed by atoms with Gasteiger partial charge >= 0.3 is 12.4 Å². The standard InChI is InChI=1S/C34H35F6N3O2/c35-33(36,37)26-17-24(18-27(19-26)34(38,39)40)22-45-30-12-11-29-28(20-32(30,41-29)25-9-5-2-6-10-25)31(44)43-15-13-42(14-16-43)21-23-7-3-1-4-8-23/h1-10,17-19,28-30,41H,11-16,20-22H2/t28-,29+,30-,32-/m1/s1. The van der Waals surface area contributed by atoms with Crippen LogP contribution < -0.4 is 5.32 Å². The van der Waals surface area contributed by atoms with Gasteiger partial charge in [-0.3, -0.25) is 9.69 Å². The van der Waals surface area contributed by atoms with E-state index in [-0.39, 0.29) is 29.5 Å². The van der Waals surface area contributed by atoms with Gasteiger partial charge in [0.2, 0.25) is 5.91 Å². The monoisotopic (exact) mass is 631 g/mol. The molecule has 5 nitrogen and oxygen atoms in total. The number of hydrogen-bond acceptors (Lipinski definition) is 4. The maximum Gasteiger partial charge on any atom is 0.416 e. The topological polar surface area (TPSA) is 44.8 Å². The fourth-order valence-electron chi connectivity index (χ4n) is 7.16. The lowest BCUT2D eigenvalue weighted by Gasteiger charge is -2.42. The second kappa shape index (κ2) is 12.4. The third kappa shape index (κ3) is 6.76. The van der Waals surface area contributed by atoms with E-state index in [2.05, 4.69) is 22.3 Å². The van der Waals surface area contributed by atoms with Crippen molar-refractivity contribution >= 4 is 5.91 Å². The molecule has 3 aromatic rings. The number of carbonyl (C=O) groups is 1. The van der Waals surface area contributed by atoms with E-state index in [1.807, 2.05) is 53.4 Å². The Hall–Kier alpha value is -3.41. The Bertz CT molecular complexity index is 1440. The number of nitrogens with one attached hydrogen (secondary N) is 1. The highest BCUT2D eigenvalue weighted by Gasteiger charge is 2.56. The number of ether oxygens (including phenoxy) is 1. The molecule has 3 fully saturated rings. The second-order valence-electron chi connectivity index (χ2n) is 12.3. The predicted octanol–water partition coefficient (Wildman–Crippen LogP) is 6.62. The maximum absolute atomic E-state index is 13.9. The molecule has 1 N–H and O–H groups in total. The van der Waals surface area contributed by atoms with Gasteiger partial charge in [0, 0.05) is 38.8 Å². The number of halogens is 6. The summed E-state index contributed by atoms with van der Waals surface area (Å²) in [5.74, 6) is -0.261. The summed E-state index contributed by atoms with van der Waals surface area (Å²) in [7, 11) is 0. The van der Waals surface area contributed by atoms with Crippen molar-refractivity contribution in [2.24, 2.45) is 5.92 Å². The van der Waals surface area contributed by atoms with Gasteiger partial charge in [-0.15, -0.1) is 0 Å². The highest BCUT2D eigenvalue weighted by Crippen LogP contribution is 2.48. The van der Waals surface area contributed by atoms with E-state index >= 15 is 0 Å². The van der Waals surface area contributed by atoms with Crippen LogP contribution in [0.1, 0.15) is 47.1 Å². The zero-order valence-corrected chi connectivity index (χ0v) is 24.6. The summed E-state index contributed by atoms with van der Waals surface area (Å²) >= 11 is 0. The fraction of sp³-hybridized carbons (Fsp3) is 0.441. The number of fused-ring (bicyclic) bond motifs is 2. The minimum atomic E-state index is -4.94. The second-order valence-corrected chi connectivity index (χ2v) is 12.3. The van der Waals surface area contributed by atoms with Crippen LogP contribution >= 0.6 is 0 Å². The normalized spacial score (nSPS) is 25.8. The van der Waals surface area contributed by atoms with Crippen LogP contribution in [0.2, 0.25) is 0 Å². The molecule has 3 aromatic carbocycles. The fourth-order valence-corrected chi connectivity index (χ4v) is 7.16. The lowest BCUT2D eigenvalue weighted by molar-refractivity contribution is -0.143. The Morgan fingerprint density at radius 3 is 2.00 bits per heavy atom. The molecular weight excluding hydrogens is 596 g/mol. The largest absolute Gasteiger partial charge is 0.416 e. The first-order valence-electron chi connectivity index (χ1n) is 15.2. The number of alkyl halides is 6. The van der Waals surface area contributed by atoms with Crippen LogP contribution in [-0.4, -0.2) is 54.0 Å². The summed E-state index contributed by atoms with van der Waals surface area (Å²) < 4.78 is 87.0. The molecule has 0 aromatic heterocycles. The number of amides is 1. The molecule has 0 saturated carbocycles. The SMILES string of the molecule is O=C([C@@H]1C[C@]2(c3ccccc3)N[C@H]1CC[C@H]2OCc1cc(C(F)(F)F)cc(C(F)(F)F)c1)N1CCN(Cc2ccccc2)CC1. The first-order valence-corrected chi connectivity index (χ1v) is 15.2. The summed E-state index contributed by atoms with van der Waals surface area (Å²) in [6, 6.07) is 21.1. The molecule has 1 amide bonds. The molecule has 6 rings (SSSR count). The first-order chi connectivity index (χ1) is 21.4. The van der Waals surface area contributed by atoms with Crippen molar-refractivity contribution < 1.29 is 35.9 Å². The molecule has 3 aliphatic rings. The molecule has 0 unspecified atom stereocenters. The van der Waals surface area contributed by atoms with E-state index in [9.17, 15) is 31.1 Å². The summed E-state index contributed by atoms with van der Waals surface area (Å²) in [6.07, 6.45) is -8.92. The summed E-state index contributed by atoms with van der Waals surface area (Å²) in [5, 5.41) is 3.65. The van der Waals surface area contributed by atoms with Crippen molar-refractivity contribution in [2.45, 2.75) is 62.5 Å². The lowest BCUT2D eigenvalue weighted by atomic mass is 9.80. The Morgan fingerprint density at radius 1 is 0.800 bits per heavy atom. The van der Waals surface area contributed by atoms with Crippen molar-refractivity contribution in [2.75, 3.05) is 26.2 Å². The van der Waals surface area contributed by atoms with Crippen LogP contribution in [0.15, 0.2) is 78.9 Å². The molecule has 0 spiro atoms. The average Bonchev–Trinajstić information content (AvgIpc) is 3.34. The van der Waals surface area contributed by atoms with E-state index in [0.29, 0.717) is 44.5 Å². The third-order valence-electron chi connectivity index (χ3n) is 9.40. The zero-order valence-electron chi connectivity index (χ0n) is 24.6. The van der Waals surface area contributed by atoms with E-state index in [0.717, 1.165) is 25.2 Å². The number of carbonyl (C=O) groups excluding carboxylic acids is 1. The molecule has 3 aliphatic heterocycles. The van der Waals surface area contributed by atoms with Crippen LogP contribution in [0.5, 0.6) is 0 Å². The molecule has 3 saturated heterocycles. The number of piperidine rings is 1. The van der Waals surface area contributed by atoms with Gasteiger partial charge in [-0.25, -0.2) is 0 Å². The highest BCUT2D eigenvalue weighted by atomic mass is 19.4. The van der Waals surface area contributed by atoms with Gasteiger partial charge in [-0.1, -0.05) is 60.7 Å². The number of piperazine rings is 1. The Morgan fingerprint density at radius 2 is 1.40 bits per heavy atom. The molecule has 4 atom stereocenters. The van der Waals surface area contributed by atoms with Crippen LogP contribution in [0.3, 0.4) is 0 Å². The van der Waals surface area contributed by atoms with Crippen molar-refractivity contribution in [1.29, 1.82) is 0 Å². The minimum absolute atomic E-state index is 0.0676. The van der Waals surface area contributed by atoms with E-state index in [4.69, 9.17) is 4.74 Å². The molecule has 0 aliphatic carbocycles. The molecule has 11 heteroatoms. The van der Waals surface area contributed by atoms with E-state index in [1.165, 1.54) is 5.56 Å². The molecule has 3 heterocycles. The minimum Gasteiger partial charge on any atom is -0.371 e. The quantitative estimate of drug-likeness (QED) is 0.298. The van der Waals surface area contributed by atoms with E-state index < -0.39 is 41.7 Å².